The second-order valence-corrected chi connectivity index (χ2v) is 2.70. The number of aromatic nitrogens is 4. The lowest BCUT2D eigenvalue weighted by atomic mass is 10.6. The second kappa shape index (κ2) is 3.33. The van der Waals surface area contributed by atoms with Crippen LogP contribution < -0.4 is 10.5 Å². The van der Waals surface area contributed by atoms with E-state index < -0.39 is 0 Å². The van der Waals surface area contributed by atoms with Crippen molar-refractivity contribution in [2.24, 2.45) is 7.05 Å². The molecule has 0 amide bonds. The first-order chi connectivity index (χ1) is 6.75. The maximum Gasteiger partial charge on any atom is 0.262 e. The quantitative estimate of drug-likeness (QED) is 0.751. The van der Waals surface area contributed by atoms with Crippen LogP contribution in [0.4, 0.5) is 5.82 Å². The molecule has 6 heteroatoms. The molecule has 2 rings (SSSR count). The average Bonchev–Trinajstić information content (AvgIpc) is 2.56. The molecule has 0 unspecified atom stereocenters. The van der Waals surface area contributed by atoms with Crippen LogP contribution in [0.15, 0.2) is 24.8 Å². The molecule has 0 aliphatic carbocycles. The van der Waals surface area contributed by atoms with Gasteiger partial charge in [-0.15, -0.1) is 0 Å². The molecule has 0 atom stereocenters. The van der Waals surface area contributed by atoms with Crippen molar-refractivity contribution in [3.63, 3.8) is 0 Å². The van der Waals surface area contributed by atoms with Crippen LogP contribution in [-0.4, -0.2) is 19.7 Å². The van der Waals surface area contributed by atoms with Gasteiger partial charge in [-0.1, -0.05) is 0 Å². The molecule has 0 aliphatic heterocycles. The summed E-state index contributed by atoms with van der Waals surface area (Å²) in [5.41, 5.74) is 5.55. The van der Waals surface area contributed by atoms with E-state index >= 15 is 0 Å². The van der Waals surface area contributed by atoms with E-state index in [4.69, 9.17) is 10.5 Å². The highest BCUT2D eigenvalue weighted by molar-refractivity contribution is 5.41. The molecule has 2 aromatic rings. The number of ether oxygens (including phenoxy) is 1. The molecule has 0 radical (unpaired) electrons. The molecular weight excluding hydrogens is 182 g/mol. The van der Waals surface area contributed by atoms with Crippen LogP contribution in [0.25, 0.3) is 0 Å². The van der Waals surface area contributed by atoms with Gasteiger partial charge in [-0.05, 0) is 0 Å². The molecule has 6 nitrogen and oxygen atoms in total. The van der Waals surface area contributed by atoms with E-state index in [-0.39, 0.29) is 5.82 Å². The van der Waals surface area contributed by atoms with E-state index in [0.29, 0.717) is 11.6 Å². The molecule has 0 spiro atoms. The van der Waals surface area contributed by atoms with Crippen LogP contribution in [0.5, 0.6) is 11.6 Å². The standard InChI is InChI=1S/C8H9N5O/c1-13-5-6(4-12-13)14-8-7(9)10-2-3-11-8/h2-5H,1H3,(H2,9,10). The van der Waals surface area contributed by atoms with E-state index in [9.17, 15) is 0 Å². The molecular formula is C8H9N5O. The Hall–Kier alpha value is -2.11. The van der Waals surface area contributed by atoms with Gasteiger partial charge in [0.2, 0.25) is 0 Å². The molecule has 72 valence electrons. The lowest BCUT2D eigenvalue weighted by Crippen LogP contribution is -1.96. The van der Waals surface area contributed by atoms with Gasteiger partial charge in [-0.3, -0.25) is 4.68 Å². The first kappa shape index (κ1) is 8.49. The maximum absolute atomic E-state index is 5.55. The van der Waals surface area contributed by atoms with E-state index in [1.165, 1.54) is 12.4 Å². The lowest BCUT2D eigenvalue weighted by Gasteiger charge is -2.02. The highest BCUT2D eigenvalue weighted by atomic mass is 16.5. The predicted octanol–water partition coefficient (Wildman–Crippen LogP) is 0.585. The van der Waals surface area contributed by atoms with Crippen LogP contribution in [0.2, 0.25) is 0 Å². The highest BCUT2D eigenvalue weighted by Crippen LogP contribution is 2.21. The van der Waals surface area contributed by atoms with E-state index in [1.54, 1.807) is 24.1 Å². The monoisotopic (exact) mass is 191 g/mol. The van der Waals surface area contributed by atoms with Crippen molar-refractivity contribution in [2.75, 3.05) is 5.73 Å². The van der Waals surface area contributed by atoms with Crippen molar-refractivity contribution < 1.29 is 4.74 Å². The zero-order valence-electron chi connectivity index (χ0n) is 7.58. The van der Waals surface area contributed by atoms with Gasteiger partial charge in [0.1, 0.15) is 0 Å². The van der Waals surface area contributed by atoms with E-state index in [0.717, 1.165) is 0 Å². The molecule has 0 aliphatic rings. The maximum atomic E-state index is 5.55. The van der Waals surface area contributed by atoms with Crippen molar-refractivity contribution in [2.45, 2.75) is 0 Å². The van der Waals surface area contributed by atoms with Crippen LogP contribution in [-0.2, 0) is 7.05 Å². The number of nitrogens with zero attached hydrogens (tertiary/aromatic N) is 4. The normalized spacial score (nSPS) is 10.1. The molecule has 2 heterocycles. The molecule has 0 bridgehead atoms. The fourth-order valence-corrected chi connectivity index (χ4v) is 0.978. The smallest absolute Gasteiger partial charge is 0.262 e. The summed E-state index contributed by atoms with van der Waals surface area (Å²) in [4.78, 5) is 7.78. The lowest BCUT2D eigenvalue weighted by molar-refractivity contribution is 0.462. The van der Waals surface area contributed by atoms with Crippen LogP contribution in [0.1, 0.15) is 0 Å². The van der Waals surface area contributed by atoms with Crippen molar-refractivity contribution in [3.8, 4) is 11.6 Å². The van der Waals surface area contributed by atoms with E-state index in [1.807, 2.05) is 0 Å². The molecule has 0 fully saturated rings. The molecule has 0 saturated carbocycles. The van der Waals surface area contributed by atoms with Gasteiger partial charge in [0, 0.05) is 19.4 Å². The summed E-state index contributed by atoms with van der Waals surface area (Å²) in [6.07, 6.45) is 6.32. The van der Waals surface area contributed by atoms with Gasteiger partial charge < -0.3 is 10.5 Å². The van der Waals surface area contributed by atoms with Gasteiger partial charge in [-0.2, -0.15) is 5.10 Å². The fraction of sp³-hybridized carbons (Fsp3) is 0.125. The van der Waals surface area contributed by atoms with Crippen molar-refractivity contribution in [3.05, 3.63) is 24.8 Å². The molecule has 14 heavy (non-hydrogen) atoms. The minimum absolute atomic E-state index is 0.261. The summed E-state index contributed by atoms with van der Waals surface area (Å²) in [6.45, 7) is 0. The number of hydrogen-bond donors (Lipinski definition) is 1. The van der Waals surface area contributed by atoms with Crippen molar-refractivity contribution in [1.29, 1.82) is 0 Å². The Balaban J connectivity index is 2.23. The Morgan fingerprint density at radius 3 is 2.79 bits per heavy atom. The predicted molar refractivity (Wildman–Crippen MR) is 49.7 cm³/mol. The molecule has 2 aromatic heterocycles. The topological polar surface area (TPSA) is 78.8 Å². The SMILES string of the molecule is Cn1cc(Oc2nccnc2N)cn1. The van der Waals surface area contributed by atoms with Crippen LogP contribution in [0, 0.1) is 0 Å². The second-order valence-electron chi connectivity index (χ2n) is 2.70. The van der Waals surface area contributed by atoms with Gasteiger partial charge in [-0.25, -0.2) is 9.97 Å². The van der Waals surface area contributed by atoms with Crippen LogP contribution in [0.3, 0.4) is 0 Å². The molecule has 0 saturated heterocycles. The van der Waals surface area contributed by atoms with Crippen molar-refractivity contribution >= 4 is 5.82 Å². The molecule has 0 aromatic carbocycles. The van der Waals surface area contributed by atoms with Gasteiger partial charge in [0.25, 0.3) is 5.88 Å². The summed E-state index contributed by atoms with van der Waals surface area (Å²) in [5.74, 6) is 1.14. The van der Waals surface area contributed by atoms with Crippen LogP contribution >= 0.6 is 0 Å². The zero-order valence-corrected chi connectivity index (χ0v) is 7.58. The number of rotatable bonds is 2. The first-order valence-corrected chi connectivity index (χ1v) is 3.98. The summed E-state index contributed by atoms with van der Waals surface area (Å²) in [5, 5.41) is 3.95. The largest absolute Gasteiger partial charge is 0.433 e. The number of hydrogen-bond acceptors (Lipinski definition) is 5. The number of nitrogens with two attached hydrogens (primary N) is 1. The third-order valence-corrected chi connectivity index (χ3v) is 1.59. The number of nitrogen functional groups attached to an aromatic ring is 1. The first-order valence-electron chi connectivity index (χ1n) is 3.98. The van der Waals surface area contributed by atoms with Gasteiger partial charge >= 0.3 is 0 Å². The highest BCUT2D eigenvalue weighted by Gasteiger charge is 2.04. The molecule has 2 N–H and O–H groups in total. The number of aryl methyl sites for hydroxylation is 1. The summed E-state index contributed by atoms with van der Waals surface area (Å²) in [6, 6.07) is 0. The van der Waals surface area contributed by atoms with E-state index in [2.05, 4.69) is 15.1 Å². The number of anilines is 1. The minimum Gasteiger partial charge on any atom is -0.433 e. The van der Waals surface area contributed by atoms with Gasteiger partial charge in [0.15, 0.2) is 11.6 Å². The Morgan fingerprint density at radius 2 is 2.14 bits per heavy atom. The Kier molecular flexibility index (Phi) is 2.02. The van der Waals surface area contributed by atoms with Gasteiger partial charge in [0.05, 0.1) is 12.4 Å². The minimum atomic E-state index is 0.261. The zero-order chi connectivity index (χ0) is 9.97. The third-order valence-electron chi connectivity index (χ3n) is 1.59. The third kappa shape index (κ3) is 1.63. The van der Waals surface area contributed by atoms with Crippen molar-refractivity contribution in [1.82, 2.24) is 19.7 Å². The fourth-order valence-electron chi connectivity index (χ4n) is 0.978. The summed E-state index contributed by atoms with van der Waals surface area (Å²) in [7, 11) is 1.80. The Bertz CT molecular complexity index is 439. The summed E-state index contributed by atoms with van der Waals surface area (Å²) >= 11 is 0. The Labute approximate surface area is 80.4 Å². The Morgan fingerprint density at radius 1 is 1.36 bits per heavy atom. The average molecular weight is 191 g/mol. The summed E-state index contributed by atoms with van der Waals surface area (Å²) < 4.78 is 6.97.